The number of anilines is 1. The summed E-state index contributed by atoms with van der Waals surface area (Å²) >= 11 is 3.40. The normalized spacial score (nSPS) is 19.4. The van der Waals surface area contributed by atoms with E-state index in [1.165, 1.54) is 0 Å². The lowest BCUT2D eigenvalue weighted by Gasteiger charge is -2.31. The van der Waals surface area contributed by atoms with Gasteiger partial charge in [-0.3, -0.25) is 4.79 Å². The quantitative estimate of drug-likeness (QED) is 0.787. The third kappa shape index (κ3) is 2.71. The second kappa shape index (κ2) is 5.51. The molecule has 4 nitrogen and oxygen atoms in total. The van der Waals surface area contributed by atoms with Gasteiger partial charge in [0, 0.05) is 22.3 Å². The fourth-order valence-electron chi connectivity index (χ4n) is 1.95. The van der Waals surface area contributed by atoms with Crippen LogP contribution >= 0.6 is 15.9 Å². The molecule has 0 saturated carbocycles. The molecule has 0 N–H and O–H groups in total. The Morgan fingerprint density at radius 1 is 1.61 bits per heavy atom. The summed E-state index contributed by atoms with van der Waals surface area (Å²) in [6.45, 7) is 3.40. The number of nitriles is 1. The molecular weight excluding hydrogens is 296 g/mol. The topological polar surface area (TPSA) is 53.3 Å². The van der Waals surface area contributed by atoms with Crippen LogP contribution in [-0.4, -0.2) is 31.6 Å². The number of carbonyl (C=O) groups excluding carboxylic acids is 1. The van der Waals surface area contributed by atoms with Crippen LogP contribution in [0.4, 0.5) is 5.69 Å². The Hall–Kier alpha value is -1.38. The highest BCUT2D eigenvalue weighted by atomic mass is 79.9. The molecule has 1 atom stereocenters. The van der Waals surface area contributed by atoms with E-state index in [2.05, 4.69) is 26.9 Å². The van der Waals surface area contributed by atoms with Crippen molar-refractivity contribution in [2.75, 3.05) is 24.6 Å². The lowest BCUT2D eigenvalue weighted by Crippen LogP contribution is -2.41. The Bertz CT molecular complexity index is 510. The molecule has 0 spiro atoms. The van der Waals surface area contributed by atoms with Crippen molar-refractivity contribution in [3.8, 4) is 6.07 Å². The zero-order chi connectivity index (χ0) is 13.1. The van der Waals surface area contributed by atoms with Gasteiger partial charge in [-0.1, -0.05) is 0 Å². The number of Topliss-reactive ketones (excluding diaryl/α,β-unsaturated/α-hetero) is 1. The molecule has 0 radical (unpaired) electrons. The summed E-state index contributed by atoms with van der Waals surface area (Å²) in [7, 11) is 0. The van der Waals surface area contributed by atoms with Crippen LogP contribution in [0.1, 0.15) is 17.3 Å². The SMILES string of the molecule is CC(=O)c1ccc(N2CCOC(C#N)C2)cc1Br. The number of ether oxygens (including phenoxy) is 1. The van der Waals surface area contributed by atoms with Gasteiger partial charge in [-0.2, -0.15) is 5.26 Å². The molecule has 0 amide bonds. The van der Waals surface area contributed by atoms with Crippen LogP contribution in [0.2, 0.25) is 0 Å². The highest BCUT2D eigenvalue weighted by Gasteiger charge is 2.20. The number of carbonyl (C=O) groups is 1. The lowest BCUT2D eigenvalue weighted by molar-refractivity contribution is 0.0764. The van der Waals surface area contributed by atoms with Gasteiger partial charge in [0.05, 0.1) is 19.2 Å². The molecule has 1 heterocycles. The van der Waals surface area contributed by atoms with Gasteiger partial charge in [0.2, 0.25) is 0 Å². The fraction of sp³-hybridized carbons (Fsp3) is 0.385. The average molecular weight is 309 g/mol. The Kier molecular flexibility index (Phi) is 4.00. The molecule has 2 rings (SSSR count). The maximum Gasteiger partial charge on any atom is 0.161 e. The number of rotatable bonds is 2. The summed E-state index contributed by atoms with van der Waals surface area (Å²) in [6, 6.07) is 7.74. The van der Waals surface area contributed by atoms with E-state index in [9.17, 15) is 4.79 Å². The molecule has 0 bridgehead atoms. The Labute approximate surface area is 114 Å². The van der Waals surface area contributed by atoms with E-state index in [0.29, 0.717) is 18.7 Å². The molecule has 5 heteroatoms. The smallest absolute Gasteiger partial charge is 0.161 e. The standard InChI is InChI=1S/C13H13BrN2O2/c1-9(17)12-3-2-10(6-13(12)14)16-4-5-18-11(7-15)8-16/h2-3,6,11H,4-5,8H2,1H3. The Balaban J connectivity index is 2.21. The molecule has 1 fully saturated rings. The van der Waals surface area contributed by atoms with Gasteiger partial charge in [-0.05, 0) is 41.1 Å². The fourth-order valence-corrected chi connectivity index (χ4v) is 2.59. The summed E-state index contributed by atoms with van der Waals surface area (Å²) in [5, 5.41) is 8.87. The van der Waals surface area contributed by atoms with Gasteiger partial charge in [-0.15, -0.1) is 0 Å². The summed E-state index contributed by atoms with van der Waals surface area (Å²) < 4.78 is 6.09. The van der Waals surface area contributed by atoms with Gasteiger partial charge in [0.15, 0.2) is 11.9 Å². The van der Waals surface area contributed by atoms with Crippen LogP contribution < -0.4 is 4.90 Å². The first-order valence-electron chi connectivity index (χ1n) is 5.68. The lowest BCUT2D eigenvalue weighted by atomic mass is 10.1. The van der Waals surface area contributed by atoms with Gasteiger partial charge in [0.1, 0.15) is 0 Å². The molecule has 18 heavy (non-hydrogen) atoms. The van der Waals surface area contributed by atoms with Crippen molar-refractivity contribution >= 4 is 27.4 Å². The van der Waals surface area contributed by atoms with E-state index < -0.39 is 0 Å². The number of morpholine rings is 1. The van der Waals surface area contributed by atoms with Gasteiger partial charge >= 0.3 is 0 Å². The summed E-state index contributed by atoms with van der Waals surface area (Å²) in [4.78, 5) is 13.4. The zero-order valence-corrected chi connectivity index (χ0v) is 11.6. The molecule has 1 aliphatic rings. The van der Waals surface area contributed by atoms with Crippen molar-refractivity contribution < 1.29 is 9.53 Å². The minimum absolute atomic E-state index is 0.0327. The Morgan fingerprint density at radius 3 is 3.00 bits per heavy atom. The van der Waals surface area contributed by atoms with E-state index >= 15 is 0 Å². The minimum atomic E-state index is -0.384. The van der Waals surface area contributed by atoms with Crippen molar-refractivity contribution in [1.82, 2.24) is 0 Å². The number of benzene rings is 1. The van der Waals surface area contributed by atoms with Crippen molar-refractivity contribution in [1.29, 1.82) is 5.26 Å². The second-order valence-electron chi connectivity index (χ2n) is 4.15. The van der Waals surface area contributed by atoms with Crippen molar-refractivity contribution in [3.05, 3.63) is 28.2 Å². The molecule has 1 saturated heterocycles. The predicted octanol–water partition coefficient (Wildman–Crippen LogP) is 2.38. The van der Waals surface area contributed by atoms with E-state index in [-0.39, 0.29) is 11.9 Å². The van der Waals surface area contributed by atoms with Crippen molar-refractivity contribution in [2.45, 2.75) is 13.0 Å². The number of halogens is 1. The van der Waals surface area contributed by atoms with Gasteiger partial charge in [0.25, 0.3) is 0 Å². The molecule has 1 aliphatic heterocycles. The third-order valence-electron chi connectivity index (χ3n) is 2.91. The summed E-state index contributed by atoms with van der Waals surface area (Å²) in [6.07, 6.45) is -0.384. The number of hydrogen-bond donors (Lipinski definition) is 0. The predicted molar refractivity (Wildman–Crippen MR) is 71.7 cm³/mol. The van der Waals surface area contributed by atoms with E-state index in [4.69, 9.17) is 10.00 Å². The third-order valence-corrected chi connectivity index (χ3v) is 3.56. The summed E-state index contributed by atoms with van der Waals surface area (Å²) in [5.74, 6) is 0.0327. The highest BCUT2D eigenvalue weighted by molar-refractivity contribution is 9.10. The van der Waals surface area contributed by atoms with Crippen LogP contribution in [0.3, 0.4) is 0 Å². The molecule has 1 aromatic rings. The van der Waals surface area contributed by atoms with Gasteiger partial charge < -0.3 is 9.64 Å². The first-order chi connectivity index (χ1) is 8.61. The van der Waals surface area contributed by atoms with Crippen LogP contribution in [0.5, 0.6) is 0 Å². The number of nitrogens with zero attached hydrogens (tertiary/aromatic N) is 2. The number of hydrogen-bond acceptors (Lipinski definition) is 4. The molecule has 1 aromatic carbocycles. The molecular formula is C13H13BrN2O2. The van der Waals surface area contributed by atoms with Gasteiger partial charge in [-0.25, -0.2) is 0 Å². The Morgan fingerprint density at radius 2 is 2.39 bits per heavy atom. The maximum absolute atomic E-state index is 11.3. The molecule has 1 unspecified atom stereocenters. The van der Waals surface area contributed by atoms with Crippen LogP contribution in [-0.2, 0) is 4.74 Å². The minimum Gasteiger partial charge on any atom is -0.365 e. The number of ketones is 1. The monoisotopic (exact) mass is 308 g/mol. The van der Waals surface area contributed by atoms with Crippen molar-refractivity contribution in [2.24, 2.45) is 0 Å². The highest BCUT2D eigenvalue weighted by Crippen LogP contribution is 2.25. The largest absolute Gasteiger partial charge is 0.365 e. The second-order valence-corrected chi connectivity index (χ2v) is 5.01. The zero-order valence-electron chi connectivity index (χ0n) is 10.0. The van der Waals surface area contributed by atoms with E-state index in [1.54, 1.807) is 13.0 Å². The van der Waals surface area contributed by atoms with E-state index in [0.717, 1.165) is 16.7 Å². The van der Waals surface area contributed by atoms with Crippen LogP contribution in [0, 0.1) is 11.3 Å². The first-order valence-corrected chi connectivity index (χ1v) is 6.48. The molecule has 94 valence electrons. The summed E-state index contributed by atoms with van der Waals surface area (Å²) in [5.41, 5.74) is 1.67. The average Bonchev–Trinajstić information content (AvgIpc) is 2.38. The first kappa shape index (κ1) is 13.1. The molecule has 0 aliphatic carbocycles. The van der Waals surface area contributed by atoms with Crippen LogP contribution in [0.25, 0.3) is 0 Å². The van der Waals surface area contributed by atoms with E-state index in [1.807, 2.05) is 12.1 Å². The maximum atomic E-state index is 11.3. The van der Waals surface area contributed by atoms with Crippen LogP contribution in [0.15, 0.2) is 22.7 Å². The van der Waals surface area contributed by atoms with Crippen molar-refractivity contribution in [3.63, 3.8) is 0 Å². The molecule has 0 aromatic heterocycles.